The highest BCUT2D eigenvalue weighted by molar-refractivity contribution is 5.76. The molecule has 0 aromatic rings. The third kappa shape index (κ3) is 43.9. The van der Waals surface area contributed by atoms with Gasteiger partial charge in [0.15, 0.2) is 0 Å². The first-order valence-electron chi connectivity index (χ1n) is 23.7. The molecule has 328 valence electrons. The average molecular weight is 800 g/mol. The highest BCUT2D eigenvalue weighted by atomic mass is 16.3. The Balaban J connectivity index is 3.72. The van der Waals surface area contributed by atoms with E-state index in [0.717, 1.165) is 96.3 Å². The van der Waals surface area contributed by atoms with Crippen LogP contribution in [0, 0.1) is 0 Å². The minimum atomic E-state index is -0.686. The summed E-state index contributed by atoms with van der Waals surface area (Å²) in [5.74, 6) is -0.0798. The van der Waals surface area contributed by atoms with Gasteiger partial charge in [0, 0.05) is 6.42 Å². The van der Waals surface area contributed by atoms with Crippen molar-refractivity contribution in [3.63, 3.8) is 0 Å². The van der Waals surface area contributed by atoms with E-state index in [2.05, 4.69) is 141 Å². The van der Waals surface area contributed by atoms with Crippen molar-refractivity contribution in [2.75, 3.05) is 6.61 Å². The maximum Gasteiger partial charge on any atom is 0.220 e. The topological polar surface area (TPSA) is 69.6 Å². The van der Waals surface area contributed by atoms with Gasteiger partial charge in [-0.3, -0.25) is 4.79 Å². The van der Waals surface area contributed by atoms with Crippen LogP contribution in [0.4, 0.5) is 0 Å². The second-order valence-electron chi connectivity index (χ2n) is 15.4. The van der Waals surface area contributed by atoms with Crippen LogP contribution in [0.3, 0.4) is 0 Å². The number of rotatable bonds is 41. The third-order valence-corrected chi connectivity index (χ3v) is 9.99. The van der Waals surface area contributed by atoms with Crippen molar-refractivity contribution >= 4 is 5.91 Å². The highest BCUT2D eigenvalue weighted by Crippen LogP contribution is 2.14. The summed E-state index contributed by atoms with van der Waals surface area (Å²) in [7, 11) is 0. The molecule has 1 amide bonds. The monoisotopic (exact) mass is 800 g/mol. The molecule has 0 aliphatic heterocycles. The Morgan fingerprint density at radius 2 is 0.759 bits per heavy atom. The van der Waals surface area contributed by atoms with Gasteiger partial charge < -0.3 is 15.5 Å². The largest absolute Gasteiger partial charge is 0.394 e. The Morgan fingerprint density at radius 1 is 0.431 bits per heavy atom. The van der Waals surface area contributed by atoms with E-state index < -0.39 is 12.1 Å². The van der Waals surface area contributed by atoms with E-state index in [-0.39, 0.29) is 12.5 Å². The first-order valence-corrected chi connectivity index (χ1v) is 23.7. The standard InChI is InChI=1S/C54H89NO3/c1-3-5-7-9-11-13-15-17-18-19-20-21-22-23-24-25-26-27-28-29-30-31-32-33-34-35-36-38-40-42-44-46-48-50-54(58)55-52(51-56)53(57)49-47-45-43-41-39-37-16-14-12-10-8-6-4-2/h5,7,11,13,17-18,20-21,23-24,26-27,29-30,32-33,35-36,40,42,52-53,56-57H,3-4,6,8-10,12,14-16,19,22,25,28,31,34,37-39,41,43-51H2,1-2H3,(H,55,58)/b7-5-,13-11-,18-17-,21-20-,24-23-,27-26-,30-29-,33-32-,36-35-,42-40-. The molecule has 4 nitrogen and oxygen atoms in total. The molecule has 0 fully saturated rings. The predicted molar refractivity (Wildman–Crippen MR) is 257 cm³/mol. The number of nitrogens with one attached hydrogen (secondary N) is 1. The van der Waals surface area contributed by atoms with Gasteiger partial charge in [0.25, 0.3) is 0 Å². The van der Waals surface area contributed by atoms with E-state index in [1.807, 2.05) is 0 Å². The Labute approximate surface area is 358 Å². The zero-order chi connectivity index (χ0) is 42.1. The average Bonchev–Trinajstić information content (AvgIpc) is 3.23. The summed E-state index contributed by atoms with van der Waals surface area (Å²) >= 11 is 0. The van der Waals surface area contributed by atoms with Gasteiger partial charge in [0.2, 0.25) is 5.91 Å². The Bertz CT molecular complexity index is 1180. The van der Waals surface area contributed by atoms with E-state index in [9.17, 15) is 15.0 Å². The quantitative estimate of drug-likeness (QED) is 0.0426. The minimum absolute atomic E-state index is 0.0798. The van der Waals surface area contributed by atoms with Crippen LogP contribution in [-0.2, 0) is 4.79 Å². The predicted octanol–water partition coefficient (Wildman–Crippen LogP) is 15.3. The minimum Gasteiger partial charge on any atom is -0.394 e. The second kappa shape index (κ2) is 48.2. The SMILES string of the molecule is CC/C=C\C/C=C\C/C=C\C/C=C\C/C=C\C/C=C\C/C=C\C/C=C\C/C=C\C/C=C\CCCCC(=O)NC(CO)C(O)CCCCCCCCCCCCCCC. The normalized spacial score (nSPS) is 14.1. The van der Waals surface area contributed by atoms with E-state index in [0.29, 0.717) is 12.8 Å². The number of carbonyl (C=O) groups is 1. The van der Waals surface area contributed by atoms with Crippen molar-refractivity contribution in [1.82, 2.24) is 5.32 Å². The molecule has 0 saturated carbocycles. The van der Waals surface area contributed by atoms with E-state index in [1.165, 1.54) is 70.6 Å². The number of amides is 1. The van der Waals surface area contributed by atoms with Gasteiger partial charge in [0.05, 0.1) is 18.8 Å². The van der Waals surface area contributed by atoms with Crippen LogP contribution in [0.2, 0.25) is 0 Å². The maximum absolute atomic E-state index is 12.4. The lowest BCUT2D eigenvalue weighted by Gasteiger charge is -2.22. The third-order valence-electron chi connectivity index (χ3n) is 9.99. The van der Waals surface area contributed by atoms with Crippen LogP contribution in [0.25, 0.3) is 0 Å². The highest BCUT2D eigenvalue weighted by Gasteiger charge is 2.19. The van der Waals surface area contributed by atoms with Gasteiger partial charge in [-0.1, -0.05) is 219 Å². The van der Waals surface area contributed by atoms with Crippen LogP contribution in [0.15, 0.2) is 122 Å². The molecule has 58 heavy (non-hydrogen) atoms. The maximum atomic E-state index is 12.4. The van der Waals surface area contributed by atoms with Crippen molar-refractivity contribution in [3.8, 4) is 0 Å². The van der Waals surface area contributed by atoms with Gasteiger partial charge in [-0.15, -0.1) is 0 Å². The molecule has 0 bridgehead atoms. The van der Waals surface area contributed by atoms with Crippen molar-refractivity contribution in [3.05, 3.63) is 122 Å². The number of hydrogen-bond donors (Lipinski definition) is 3. The molecule has 0 aliphatic carbocycles. The molecule has 0 aromatic heterocycles. The lowest BCUT2D eigenvalue weighted by atomic mass is 10.0. The zero-order valence-electron chi connectivity index (χ0n) is 37.5. The van der Waals surface area contributed by atoms with Crippen molar-refractivity contribution < 1.29 is 15.0 Å². The molecule has 0 radical (unpaired) electrons. The Hall–Kier alpha value is -3.21. The summed E-state index contributed by atoms with van der Waals surface area (Å²) in [5.41, 5.74) is 0. The van der Waals surface area contributed by atoms with Crippen LogP contribution < -0.4 is 5.32 Å². The summed E-state index contributed by atoms with van der Waals surface area (Å²) in [5, 5.41) is 23.1. The van der Waals surface area contributed by atoms with Gasteiger partial charge in [-0.2, -0.15) is 0 Å². The molecular weight excluding hydrogens is 711 g/mol. The first-order chi connectivity index (χ1) is 28.7. The molecule has 0 rings (SSSR count). The first kappa shape index (κ1) is 54.8. The molecule has 2 unspecified atom stereocenters. The smallest absolute Gasteiger partial charge is 0.220 e. The molecule has 2 atom stereocenters. The van der Waals surface area contributed by atoms with Crippen molar-refractivity contribution in [1.29, 1.82) is 0 Å². The van der Waals surface area contributed by atoms with Crippen LogP contribution in [0.1, 0.15) is 194 Å². The second-order valence-corrected chi connectivity index (χ2v) is 15.4. The molecular formula is C54H89NO3. The lowest BCUT2D eigenvalue weighted by Crippen LogP contribution is -2.45. The zero-order valence-corrected chi connectivity index (χ0v) is 37.5. The molecule has 3 N–H and O–H groups in total. The fourth-order valence-corrected chi connectivity index (χ4v) is 6.39. The molecule has 0 spiro atoms. The van der Waals surface area contributed by atoms with Crippen molar-refractivity contribution in [2.24, 2.45) is 0 Å². The van der Waals surface area contributed by atoms with Crippen LogP contribution in [-0.4, -0.2) is 34.9 Å². The Morgan fingerprint density at radius 3 is 1.10 bits per heavy atom. The number of hydrogen-bond acceptors (Lipinski definition) is 3. The summed E-state index contributed by atoms with van der Waals surface area (Å²) in [4.78, 5) is 12.4. The van der Waals surface area contributed by atoms with E-state index in [1.54, 1.807) is 0 Å². The Kier molecular flexibility index (Phi) is 45.5. The number of aliphatic hydroxyl groups is 2. The molecule has 4 heteroatoms. The number of carbonyl (C=O) groups excluding carboxylic acids is 1. The van der Waals surface area contributed by atoms with Crippen LogP contribution in [0.5, 0.6) is 0 Å². The van der Waals surface area contributed by atoms with Gasteiger partial charge in [-0.25, -0.2) is 0 Å². The number of allylic oxidation sites excluding steroid dienone is 20. The van der Waals surface area contributed by atoms with Crippen LogP contribution >= 0.6 is 0 Å². The summed E-state index contributed by atoms with van der Waals surface area (Å²) in [6.07, 6.45) is 74.3. The molecule has 0 aliphatic rings. The van der Waals surface area contributed by atoms with E-state index >= 15 is 0 Å². The fraction of sp³-hybridized carbons (Fsp3) is 0.611. The summed E-state index contributed by atoms with van der Waals surface area (Å²) < 4.78 is 0. The number of unbranched alkanes of at least 4 members (excludes halogenated alkanes) is 14. The summed E-state index contributed by atoms with van der Waals surface area (Å²) in [6.45, 7) is 4.21. The summed E-state index contributed by atoms with van der Waals surface area (Å²) in [6, 6.07) is -0.568. The van der Waals surface area contributed by atoms with Gasteiger partial charge >= 0.3 is 0 Å². The van der Waals surface area contributed by atoms with Gasteiger partial charge in [-0.05, 0) is 89.9 Å². The molecule has 0 saturated heterocycles. The lowest BCUT2D eigenvalue weighted by molar-refractivity contribution is -0.123. The fourth-order valence-electron chi connectivity index (χ4n) is 6.39. The number of aliphatic hydroxyl groups excluding tert-OH is 2. The molecule has 0 heterocycles. The van der Waals surface area contributed by atoms with Gasteiger partial charge in [0.1, 0.15) is 0 Å². The van der Waals surface area contributed by atoms with E-state index in [4.69, 9.17) is 0 Å². The van der Waals surface area contributed by atoms with Crippen molar-refractivity contribution in [2.45, 2.75) is 206 Å². The molecule has 0 aromatic carbocycles.